The molecule has 21 heavy (non-hydrogen) atoms. The van der Waals surface area contributed by atoms with Gasteiger partial charge in [-0.05, 0) is 25.7 Å². The van der Waals surface area contributed by atoms with Crippen molar-refractivity contribution in [2.24, 2.45) is 5.92 Å². The molecule has 8 heteroatoms. The Morgan fingerprint density at radius 2 is 2.24 bits per heavy atom. The predicted octanol–water partition coefficient (Wildman–Crippen LogP) is 2.53. The first-order valence-electron chi connectivity index (χ1n) is 6.69. The Hall–Kier alpha value is -2.15. The summed E-state index contributed by atoms with van der Waals surface area (Å²) >= 11 is 6.17. The summed E-state index contributed by atoms with van der Waals surface area (Å²) in [5.74, 6) is 2.35. The van der Waals surface area contributed by atoms with Gasteiger partial charge in [0.25, 0.3) is 0 Å². The van der Waals surface area contributed by atoms with Crippen LogP contribution in [0.25, 0.3) is 17.2 Å². The zero-order valence-electron chi connectivity index (χ0n) is 11.3. The van der Waals surface area contributed by atoms with Crippen LogP contribution >= 0.6 is 11.6 Å². The monoisotopic (exact) mass is 305 g/mol. The Balaban J connectivity index is 1.72. The van der Waals surface area contributed by atoms with Gasteiger partial charge in [0.2, 0.25) is 5.82 Å². The van der Waals surface area contributed by atoms with Crippen LogP contribution < -0.4 is 4.74 Å². The standard InChI is InChI=1S/C13H12ClN5O2/c1-7-4-9(18-21-7)13-16-15-11-5-10(12(14)17-19(11)13)20-6-8-2-3-8/h4-5,8H,2-3,6H2,1H3. The van der Waals surface area contributed by atoms with Crippen LogP contribution in [0.15, 0.2) is 16.7 Å². The quantitative estimate of drug-likeness (QED) is 0.737. The average Bonchev–Trinajstić information content (AvgIpc) is 3.07. The van der Waals surface area contributed by atoms with Crippen LogP contribution in [0.2, 0.25) is 5.15 Å². The molecule has 0 aromatic carbocycles. The highest BCUT2D eigenvalue weighted by Gasteiger charge is 2.23. The molecule has 0 N–H and O–H groups in total. The maximum atomic E-state index is 6.17. The summed E-state index contributed by atoms with van der Waals surface area (Å²) in [6.07, 6.45) is 2.43. The predicted molar refractivity (Wildman–Crippen MR) is 74.2 cm³/mol. The number of aryl methyl sites for hydroxylation is 1. The third kappa shape index (κ3) is 2.33. The van der Waals surface area contributed by atoms with Crippen LogP contribution in [0.4, 0.5) is 0 Å². The van der Waals surface area contributed by atoms with Crippen LogP contribution in [0.5, 0.6) is 5.75 Å². The smallest absolute Gasteiger partial charge is 0.207 e. The van der Waals surface area contributed by atoms with Gasteiger partial charge >= 0.3 is 0 Å². The van der Waals surface area contributed by atoms with Gasteiger partial charge < -0.3 is 9.26 Å². The Kier molecular flexibility index (Phi) is 2.81. The number of fused-ring (bicyclic) bond motifs is 1. The van der Waals surface area contributed by atoms with Crippen molar-refractivity contribution in [3.63, 3.8) is 0 Å². The van der Waals surface area contributed by atoms with Crippen molar-refractivity contribution in [3.05, 3.63) is 23.0 Å². The van der Waals surface area contributed by atoms with Gasteiger partial charge in [0, 0.05) is 12.1 Å². The molecule has 3 aromatic rings. The van der Waals surface area contributed by atoms with Crippen molar-refractivity contribution < 1.29 is 9.26 Å². The van der Waals surface area contributed by atoms with E-state index in [0.29, 0.717) is 41.2 Å². The Morgan fingerprint density at radius 1 is 1.38 bits per heavy atom. The van der Waals surface area contributed by atoms with E-state index in [1.165, 1.54) is 17.4 Å². The van der Waals surface area contributed by atoms with Crippen LogP contribution in [0, 0.1) is 12.8 Å². The number of ether oxygens (including phenoxy) is 1. The molecule has 1 fully saturated rings. The van der Waals surface area contributed by atoms with Crippen molar-refractivity contribution >= 4 is 17.2 Å². The van der Waals surface area contributed by atoms with Crippen molar-refractivity contribution in [1.82, 2.24) is 25.0 Å². The molecule has 3 aromatic heterocycles. The van der Waals surface area contributed by atoms with Gasteiger partial charge in [0.15, 0.2) is 22.2 Å². The van der Waals surface area contributed by atoms with E-state index in [1.54, 1.807) is 12.1 Å². The van der Waals surface area contributed by atoms with Gasteiger partial charge in [-0.15, -0.1) is 15.3 Å². The highest BCUT2D eigenvalue weighted by Crippen LogP contribution is 2.31. The molecule has 1 saturated carbocycles. The van der Waals surface area contributed by atoms with Gasteiger partial charge in [0.05, 0.1) is 6.61 Å². The highest BCUT2D eigenvalue weighted by atomic mass is 35.5. The molecule has 0 aliphatic heterocycles. The number of hydrogen-bond donors (Lipinski definition) is 0. The molecule has 7 nitrogen and oxygen atoms in total. The van der Waals surface area contributed by atoms with E-state index in [1.807, 2.05) is 6.92 Å². The lowest BCUT2D eigenvalue weighted by molar-refractivity contribution is 0.298. The third-order valence-electron chi connectivity index (χ3n) is 3.34. The van der Waals surface area contributed by atoms with E-state index in [-0.39, 0.29) is 5.15 Å². The lowest BCUT2D eigenvalue weighted by Crippen LogP contribution is -2.03. The molecule has 4 rings (SSSR count). The van der Waals surface area contributed by atoms with Crippen LogP contribution in [0.1, 0.15) is 18.6 Å². The number of rotatable bonds is 4. The molecule has 1 aliphatic rings. The minimum Gasteiger partial charge on any atom is -0.490 e. The first-order valence-corrected chi connectivity index (χ1v) is 7.07. The molecular weight excluding hydrogens is 294 g/mol. The highest BCUT2D eigenvalue weighted by molar-refractivity contribution is 6.30. The molecule has 0 spiro atoms. The normalized spacial score (nSPS) is 14.8. The first-order chi connectivity index (χ1) is 10.2. The van der Waals surface area contributed by atoms with E-state index in [0.717, 1.165) is 0 Å². The number of aromatic nitrogens is 5. The minimum atomic E-state index is 0.282. The van der Waals surface area contributed by atoms with E-state index >= 15 is 0 Å². The summed E-state index contributed by atoms with van der Waals surface area (Å²) < 4.78 is 12.3. The minimum absolute atomic E-state index is 0.282. The van der Waals surface area contributed by atoms with Crippen LogP contribution in [-0.4, -0.2) is 31.6 Å². The molecule has 0 amide bonds. The molecule has 0 unspecified atom stereocenters. The van der Waals surface area contributed by atoms with Crippen molar-refractivity contribution in [2.45, 2.75) is 19.8 Å². The summed E-state index contributed by atoms with van der Waals surface area (Å²) in [6.45, 7) is 2.48. The van der Waals surface area contributed by atoms with Crippen LogP contribution in [0.3, 0.4) is 0 Å². The van der Waals surface area contributed by atoms with Crippen molar-refractivity contribution in [2.75, 3.05) is 6.61 Å². The molecule has 0 saturated heterocycles. The topological polar surface area (TPSA) is 78.3 Å². The van der Waals surface area contributed by atoms with Crippen molar-refractivity contribution in [3.8, 4) is 17.3 Å². The SMILES string of the molecule is Cc1cc(-c2nnc3cc(OCC4CC4)c(Cl)nn23)no1. The van der Waals surface area contributed by atoms with Crippen LogP contribution in [-0.2, 0) is 0 Å². The summed E-state index contributed by atoms with van der Waals surface area (Å²) in [6, 6.07) is 3.50. The molecule has 0 bridgehead atoms. The van der Waals surface area contributed by atoms with E-state index in [9.17, 15) is 0 Å². The lowest BCUT2D eigenvalue weighted by Gasteiger charge is -2.06. The Bertz CT molecular complexity index is 808. The maximum absolute atomic E-state index is 6.17. The first kappa shape index (κ1) is 12.6. The third-order valence-corrected chi connectivity index (χ3v) is 3.61. The van der Waals surface area contributed by atoms with E-state index in [2.05, 4.69) is 20.5 Å². The summed E-state index contributed by atoms with van der Waals surface area (Å²) in [4.78, 5) is 0. The van der Waals surface area contributed by atoms with Gasteiger partial charge in [-0.2, -0.15) is 4.52 Å². The zero-order chi connectivity index (χ0) is 14.4. The number of nitrogens with zero attached hydrogens (tertiary/aromatic N) is 5. The average molecular weight is 306 g/mol. The molecule has 0 radical (unpaired) electrons. The Morgan fingerprint density at radius 3 is 2.95 bits per heavy atom. The van der Waals surface area contributed by atoms with Gasteiger partial charge in [0.1, 0.15) is 5.76 Å². The Labute approximate surface area is 124 Å². The molecular formula is C13H12ClN5O2. The summed E-state index contributed by atoms with van der Waals surface area (Å²) in [5, 5.41) is 16.6. The molecule has 1 aliphatic carbocycles. The second-order valence-corrected chi connectivity index (χ2v) is 5.53. The molecule has 0 atom stereocenters. The maximum Gasteiger partial charge on any atom is 0.207 e. The number of hydrogen-bond acceptors (Lipinski definition) is 6. The second-order valence-electron chi connectivity index (χ2n) is 5.17. The fourth-order valence-corrected chi connectivity index (χ4v) is 2.20. The summed E-state index contributed by atoms with van der Waals surface area (Å²) in [7, 11) is 0. The van der Waals surface area contributed by atoms with Gasteiger partial charge in [-0.3, -0.25) is 0 Å². The van der Waals surface area contributed by atoms with Gasteiger partial charge in [-0.1, -0.05) is 16.8 Å². The summed E-state index contributed by atoms with van der Waals surface area (Å²) in [5.41, 5.74) is 1.12. The number of halogens is 1. The fraction of sp³-hybridized carbons (Fsp3) is 0.385. The zero-order valence-corrected chi connectivity index (χ0v) is 12.0. The van der Waals surface area contributed by atoms with E-state index < -0.39 is 0 Å². The van der Waals surface area contributed by atoms with Crippen molar-refractivity contribution in [1.29, 1.82) is 0 Å². The molecule has 108 valence electrons. The van der Waals surface area contributed by atoms with E-state index in [4.69, 9.17) is 20.9 Å². The van der Waals surface area contributed by atoms with Gasteiger partial charge in [-0.25, -0.2) is 0 Å². The molecule has 3 heterocycles. The fourth-order valence-electron chi connectivity index (χ4n) is 2.02. The lowest BCUT2D eigenvalue weighted by atomic mass is 10.3. The largest absolute Gasteiger partial charge is 0.490 e. The second kappa shape index (κ2) is 4.70.